The molecule has 0 aromatic rings. The minimum absolute atomic E-state index is 0.855. The zero-order valence-electron chi connectivity index (χ0n) is 8.29. The maximum absolute atomic E-state index is 6.50. The number of hydrogen-bond acceptors (Lipinski definition) is 2. The molecule has 1 aliphatic heterocycles. The first-order valence-electron chi connectivity index (χ1n) is 4.84. The number of rotatable bonds is 2. The molecule has 0 bridgehead atoms. The summed E-state index contributed by atoms with van der Waals surface area (Å²) >= 11 is 0. The second-order valence-corrected chi connectivity index (χ2v) is 3.38. The van der Waals surface area contributed by atoms with E-state index in [1.807, 2.05) is 0 Å². The van der Waals surface area contributed by atoms with Gasteiger partial charge in [0.05, 0.1) is 0 Å². The monoisotopic (exact) mass is 168 g/mol. The molecule has 1 rings (SSSR count). The van der Waals surface area contributed by atoms with Crippen molar-refractivity contribution in [3.05, 3.63) is 0 Å². The fourth-order valence-corrected chi connectivity index (χ4v) is 1.78. The molecule has 0 aromatic heterocycles. The highest BCUT2D eigenvalue weighted by molar-refractivity contribution is 4.71. The average molecular weight is 168 g/mol. The predicted molar refractivity (Wildman–Crippen MR) is 51.8 cm³/mol. The Labute approximate surface area is 76.2 Å². The van der Waals surface area contributed by atoms with Crippen molar-refractivity contribution in [1.29, 1.82) is 5.26 Å². The minimum Gasteiger partial charge on any atom is -0.301 e. The van der Waals surface area contributed by atoms with E-state index < -0.39 is 0 Å². The van der Waals surface area contributed by atoms with Gasteiger partial charge in [-0.2, -0.15) is 0 Å². The molecule has 0 saturated carbocycles. The van der Waals surface area contributed by atoms with Gasteiger partial charge in [-0.15, -0.1) is 0 Å². The Morgan fingerprint density at radius 1 is 1.42 bits per heavy atom. The molecule has 2 heteroatoms. The van der Waals surface area contributed by atoms with E-state index in [0.717, 1.165) is 6.04 Å². The summed E-state index contributed by atoms with van der Waals surface area (Å²) in [5, 5.41) is 6.50. The molecule has 1 fully saturated rings. The van der Waals surface area contributed by atoms with E-state index in [1.165, 1.54) is 38.8 Å². The van der Waals surface area contributed by atoms with Crippen molar-refractivity contribution in [3.63, 3.8) is 0 Å². The molecule has 2 nitrogen and oxygen atoms in total. The van der Waals surface area contributed by atoms with Crippen LogP contribution >= 0.6 is 0 Å². The van der Waals surface area contributed by atoms with Crippen LogP contribution in [0, 0.1) is 11.8 Å². The van der Waals surface area contributed by atoms with Crippen LogP contribution in [0.3, 0.4) is 0 Å². The molecule has 0 aliphatic carbocycles. The van der Waals surface area contributed by atoms with Gasteiger partial charge in [0.2, 0.25) is 0 Å². The summed E-state index contributed by atoms with van der Waals surface area (Å²) in [4.78, 5) is 2.61. The van der Waals surface area contributed by atoms with Crippen LogP contribution in [0.2, 0.25) is 0 Å². The molecule has 0 spiro atoms. The van der Waals surface area contributed by atoms with Crippen molar-refractivity contribution >= 4 is 0 Å². The number of hydrogen-bond donors (Lipinski definition) is 0. The summed E-state index contributed by atoms with van der Waals surface area (Å²) in [6.45, 7) is 10.8. The number of piperidine rings is 1. The topological polar surface area (TPSA) is 27.0 Å². The van der Waals surface area contributed by atoms with E-state index in [2.05, 4.69) is 25.3 Å². The van der Waals surface area contributed by atoms with Gasteiger partial charge in [-0.25, -0.2) is 5.26 Å². The van der Waals surface area contributed by atoms with Gasteiger partial charge in [0, 0.05) is 12.6 Å². The highest BCUT2D eigenvalue weighted by Crippen LogP contribution is 2.15. The predicted octanol–water partition coefficient (Wildman–Crippen LogP) is 2.41. The summed E-state index contributed by atoms with van der Waals surface area (Å²) < 4.78 is 0. The second-order valence-electron chi connectivity index (χ2n) is 3.38. The molecule has 1 atom stereocenters. The van der Waals surface area contributed by atoms with E-state index in [1.54, 1.807) is 0 Å². The maximum Gasteiger partial charge on any atom is 0.0462 e. The third-order valence-corrected chi connectivity index (χ3v) is 2.45. The van der Waals surface area contributed by atoms with Crippen LogP contribution < -0.4 is 0 Å². The minimum atomic E-state index is 0.855. The maximum atomic E-state index is 6.50. The van der Waals surface area contributed by atoms with Gasteiger partial charge in [0.15, 0.2) is 0 Å². The SMILES string of the molecule is C#N.CCCN1CCCCC1C. The van der Waals surface area contributed by atoms with Crippen LogP contribution in [0.25, 0.3) is 0 Å². The van der Waals surface area contributed by atoms with Crippen molar-refractivity contribution in [1.82, 2.24) is 4.90 Å². The standard InChI is InChI=1S/C9H19N.CHN/c1-3-7-10-8-5-4-6-9(10)2;1-2/h9H,3-8H2,1-2H3;1H. The van der Waals surface area contributed by atoms with Gasteiger partial charge >= 0.3 is 0 Å². The molecule has 0 radical (unpaired) electrons. The van der Waals surface area contributed by atoms with Gasteiger partial charge in [-0.3, -0.25) is 0 Å². The highest BCUT2D eigenvalue weighted by atomic mass is 15.1. The van der Waals surface area contributed by atoms with Crippen LogP contribution in [-0.4, -0.2) is 24.0 Å². The van der Waals surface area contributed by atoms with Crippen molar-refractivity contribution in [2.24, 2.45) is 0 Å². The third kappa shape index (κ3) is 3.73. The molecule has 0 N–H and O–H groups in total. The van der Waals surface area contributed by atoms with Crippen molar-refractivity contribution < 1.29 is 0 Å². The Morgan fingerprint density at radius 3 is 2.58 bits per heavy atom. The van der Waals surface area contributed by atoms with E-state index in [9.17, 15) is 0 Å². The van der Waals surface area contributed by atoms with Crippen molar-refractivity contribution in [2.45, 2.75) is 45.6 Å². The van der Waals surface area contributed by atoms with E-state index in [0.29, 0.717) is 0 Å². The summed E-state index contributed by atoms with van der Waals surface area (Å²) in [5.74, 6) is 0. The largest absolute Gasteiger partial charge is 0.301 e. The average Bonchev–Trinajstić information content (AvgIpc) is 2.13. The molecule has 0 amide bonds. The van der Waals surface area contributed by atoms with Crippen LogP contribution in [0.5, 0.6) is 0 Å². The molecular weight excluding hydrogens is 148 g/mol. The van der Waals surface area contributed by atoms with Gasteiger partial charge < -0.3 is 4.90 Å². The van der Waals surface area contributed by atoms with Crippen molar-refractivity contribution in [2.75, 3.05) is 13.1 Å². The van der Waals surface area contributed by atoms with Crippen LogP contribution in [-0.2, 0) is 0 Å². The van der Waals surface area contributed by atoms with Gasteiger partial charge in [0.1, 0.15) is 0 Å². The Morgan fingerprint density at radius 2 is 2.08 bits per heavy atom. The molecule has 1 aliphatic rings. The smallest absolute Gasteiger partial charge is 0.0462 e. The quantitative estimate of drug-likeness (QED) is 0.633. The van der Waals surface area contributed by atoms with Crippen LogP contribution in [0.15, 0.2) is 0 Å². The molecule has 70 valence electrons. The van der Waals surface area contributed by atoms with Gasteiger partial charge in [0.25, 0.3) is 0 Å². The second kappa shape index (κ2) is 7.12. The summed E-state index contributed by atoms with van der Waals surface area (Å²) in [6.07, 6.45) is 5.59. The molecule has 1 heterocycles. The first kappa shape index (κ1) is 11.4. The zero-order valence-corrected chi connectivity index (χ0v) is 8.29. The van der Waals surface area contributed by atoms with Gasteiger partial charge in [-0.1, -0.05) is 13.3 Å². The Bertz CT molecular complexity index is 118. The Balaban J connectivity index is 0.000000561. The lowest BCUT2D eigenvalue weighted by Gasteiger charge is -2.32. The first-order chi connectivity index (χ1) is 5.84. The molecule has 1 saturated heterocycles. The zero-order chi connectivity index (χ0) is 9.40. The van der Waals surface area contributed by atoms with Crippen molar-refractivity contribution in [3.8, 4) is 6.57 Å². The lowest BCUT2D eigenvalue weighted by Crippen LogP contribution is -2.37. The first-order valence-corrected chi connectivity index (χ1v) is 4.84. The molecule has 0 aromatic carbocycles. The molecular formula is C10H20N2. The Kier molecular flexibility index (Phi) is 6.79. The van der Waals surface area contributed by atoms with E-state index in [4.69, 9.17) is 5.26 Å². The number of likely N-dealkylation sites (tertiary alicyclic amines) is 1. The van der Waals surface area contributed by atoms with E-state index in [-0.39, 0.29) is 0 Å². The van der Waals surface area contributed by atoms with E-state index >= 15 is 0 Å². The van der Waals surface area contributed by atoms with Gasteiger partial charge in [-0.05, 0) is 39.3 Å². The fraction of sp³-hybridized carbons (Fsp3) is 0.900. The fourth-order valence-electron chi connectivity index (χ4n) is 1.78. The molecule has 12 heavy (non-hydrogen) atoms. The lowest BCUT2D eigenvalue weighted by molar-refractivity contribution is 0.161. The van der Waals surface area contributed by atoms with Crippen LogP contribution in [0.1, 0.15) is 39.5 Å². The lowest BCUT2D eigenvalue weighted by atomic mass is 10.0. The summed E-state index contributed by atoms with van der Waals surface area (Å²) in [5.41, 5.74) is 0. The number of nitriles is 1. The normalized spacial score (nSPS) is 24.2. The molecule has 1 unspecified atom stereocenters. The third-order valence-electron chi connectivity index (χ3n) is 2.45. The highest BCUT2D eigenvalue weighted by Gasteiger charge is 2.15. The van der Waals surface area contributed by atoms with Crippen LogP contribution in [0.4, 0.5) is 0 Å². The summed E-state index contributed by atoms with van der Waals surface area (Å²) in [6, 6.07) is 0.855. The number of nitrogens with zero attached hydrogens (tertiary/aromatic N) is 2. The Hall–Kier alpha value is -0.550. The summed E-state index contributed by atoms with van der Waals surface area (Å²) in [7, 11) is 0.